The lowest BCUT2D eigenvalue weighted by molar-refractivity contribution is 0.158. The number of likely N-dealkylation sites (tertiary alicyclic amines) is 1. The van der Waals surface area contributed by atoms with Crippen LogP contribution in [-0.2, 0) is 0 Å². The van der Waals surface area contributed by atoms with Crippen LogP contribution in [0.3, 0.4) is 0 Å². The number of hydrogen-bond acceptors (Lipinski definition) is 4. The molecule has 1 N–H and O–H groups in total. The second-order valence-electron chi connectivity index (χ2n) is 7.39. The summed E-state index contributed by atoms with van der Waals surface area (Å²) in [6, 6.07) is 2.80. The second kappa shape index (κ2) is 8.73. The van der Waals surface area contributed by atoms with E-state index >= 15 is 0 Å². The van der Waals surface area contributed by atoms with Crippen molar-refractivity contribution in [1.29, 1.82) is 5.26 Å². The van der Waals surface area contributed by atoms with E-state index in [1.165, 1.54) is 32.5 Å². The van der Waals surface area contributed by atoms with Crippen molar-refractivity contribution >= 4 is 0 Å². The fourth-order valence-corrected chi connectivity index (χ4v) is 3.36. The van der Waals surface area contributed by atoms with Gasteiger partial charge in [-0.25, -0.2) is 0 Å². The molecule has 1 heterocycles. The summed E-state index contributed by atoms with van der Waals surface area (Å²) in [5.41, 5.74) is -0.378. The van der Waals surface area contributed by atoms with Crippen LogP contribution in [0.1, 0.15) is 46.5 Å². The Bertz CT molecular complexity index is 326. The molecule has 1 atom stereocenters. The Hall–Kier alpha value is -0.630. The van der Waals surface area contributed by atoms with Gasteiger partial charge in [-0.3, -0.25) is 5.32 Å². The maximum atomic E-state index is 9.36. The molecule has 21 heavy (non-hydrogen) atoms. The predicted molar refractivity (Wildman–Crippen MR) is 89.2 cm³/mol. The molecule has 0 bridgehead atoms. The van der Waals surface area contributed by atoms with E-state index in [0.29, 0.717) is 6.04 Å². The van der Waals surface area contributed by atoms with E-state index in [9.17, 15) is 5.26 Å². The van der Waals surface area contributed by atoms with Gasteiger partial charge in [-0.2, -0.15) is 5.26 Å². The molecule has 0 spiro atoms. The van der Waals surface area contributed by atoms with Crippen LogP contribution in [0.2, 0.25) is 0 Å². The zero-order chi connectivity index (χ0) is 15.9. The molecule has 0 saturated carbocycles. The predicted octanol–water partition coefficient (Wildman–Crippen LogP) is 2.32. The molecule has 122 valence electrons. The third-order valence-electron chi connectivity index (χ3n) is 4.34. The molecule has 4 nitrogen and oxygen atoms in total. The highest BCUT2D eigenvalue weighted by molar-refractivity contribution is 5.04. The van der Waals surface area contributed by atoms with Crippen LogP contribution in [0, 0.1) is 17.2 Å². The molecule has 4 heteroatoms. The molecule has 1 rings (SSSR count). The van der Waals surface area contributed by atoms with Crippen molar-refractivity contribution in [2.24, 2.45) is 5.92 Å². The molecular weight excluding hydrogens is 260 g/mol. The molecule has 0 aromatic rings. The van der Waals surface area contributed by atoms with Gasteiger partial charge in [0.2, 0.25) is 0 Å². The molecule has 1 unspecified atom stereocenters. The van der Waals surface area contributed by atoms with E-state index in [-0.39, 0.29) is 5.54 Å². The third-order valence-corrected chi connectivity index (χ3v) is 4.34. The SMILES string of the molecule is CC(C)NC(C)(C#N)CCCN1CCC(CN(C)C)CC1. The van der Waals surface area contributed by atoms with E-state index in [4.69, 9.17) is 0 Å². The monoisotopic (exact) mass is 294 g/mol. The fourth-order valence-electron chi connectivity index (χ4n) is 3.36. The van der Waals surface area contributed by atoms with Gasteiger partial charge in [0.15, 0.2) is 0 Å². The van der Waals surface area contributed by atoms with Crippen molar-refractivity contribution in [2.75, 3.05) is 40.3 Å². The van der Waals surface area contributed by atoms with Crippen LogP contribution in [-0.4, -0.2) is 61.7 Å². The maximum Gasteiger partial charge on any atom is 0.104 e. The molecule has 0 aromatic heterocycles. The van der Waals surface area contributed by atoms with E-state index in [1.807, 2.05) is 6.92 Å². The quantitative estimate of drug-likeness (QED) is 0.746. The molecule has 0 amide bonds. The summed E-state index contributed by atoms with van der Waals surface area (Å²) in [6.45, 7) is 11.0. The lowest BCUT2D eigenvalue weighted by atomic mass is 9.94. The zero-order valence-electron chi connectivity index (χ0n) is 14.7. The number of nitrogens with zero attached hydrogens (tertiary/aromatic N) is 3. The van der Waals surface area contributed by atoms with Crippen LogP contribution in [0.15, 0.2) is 0 Å². The largest absolute Gasteiger partial charge is 0.309 e. The van der Waals surface area contributed by atoms with Gasteiger partial charge >= 0.3 is 0 Å². The molecule has 1 aliphatic rings. The summed E-state index contributed by atoms with van der Waals surface area (Å²) >= 11 is 0. The Morgan fingerprint density at radius 1 is 1.33 bits per heavy atom. The van der Waals surface area contributed by atoms with Gasteiger partial charge < -0.3 is 9.80 Å². The molecule has 0 radical (unpaired) electrons. The Morgan fingerprint density at radius 3 is 2.43 bits per heavy atom. The van der Waals surface area contributed by atoms with Gasteiger partial charge in [0.1, 0.15) is 5.54 Å². The first kappa shape index (κ1) is 18.4. The van der Waals surface area contributed by atoms with Crippen molar-refractivity contribution in [3.05, 3.63) is 0 Å². The minimum atomic E-state index is -0.378. The standard InChI is InChI=1S/C17H34N4/c1-15(2)19-17(3,14-18)9-6-10-21-11-7-16(8-12-21)13-20(4)5/h15-16,19H,6-13H2,1-5H3. The Labute approximate surface area is 131 Å². The van der Waals surface area contributed by atoms with Gasteiger partial charge in [-0.1, -0.05) is 0 Å². The average molecular weight is 294 g/mol. The normalized spacial score (nSPS) is 20.7. The molecule has 0 aromatic carbocycles. The number of nitrogens with one attached hydrogen (secondary N) is 1. The van der Waals surface area contributed by atoms with Crippen molar-refractivity contribution < 1.29 is 0 Å². The van der Waals surface area contributed by atoms with Gasteiger partial charge in [0, 0.05) is 12.6 Å². The summed E-state index contributed by atoms with van der Waals surface area (Å²) in [5.74, 6) is 0.864. The van der Waals surface area contributed by atoms with Crippen LogP contribution in [0.25, 0.3) is 0 Å². The minimum Gasteiger partial charge on any atom is -0.309 e. The van der Waals surface area contributed by atoms with E-state index in [1.54, 1.807) is 0 Å². The van der Waals surface area contributed by atoms with Gasteiger partial charge in [-0.15, -0.1) is 0 Å². The van der Waals surface area contributed by atoms with Crippen molar-refractivity contribution in [3.63, 3.8) is 0 Å². The van der Waals surface area contributed by atoms with Gasteiger partial charge in [0.05, 0.1) is 6.07 Å². The summed E-state index contributed by atoms with van der Waals surface area (Å²) < 4.78 is 0. The lowest BCUT2D eigenvalue weighted by Gasteiger charge is -2.34. The van der Waals surface area contributed by atoms with Crippen LogP contribution < -0.4 is 5.32 Å². The minimum absolute atomic E-state index is 0.358. The first-order valence-electron chi connectivity index (χ1n) is 8.40. The van der Waals surface area contributed by atoms with Crippen molar-refractivity contribution in [1.82, 2.24) is 15.1 Å². The molecule has 1 saturated heterocycles. The maximum absolute atomic E-state index is 9.36. The summed E-state index contributed by atoms with van der Waals surface area (Å²) in [6.07, 6.45) is 4.66. The number of rotatable bonds is 8. The first-order chi connectivity index (χ1) is 9.84. The molecule has 1 aliphatic heterocycles. The second-order valence-corrected chi connectivity index (χ2v) is 7.39. The number of nitriles is 1. The Balaban J connectivity index is 2.23. The van der Waals surface area contributed by atoms with Crippen LogP contribution >= 0.6 is 0 Å². The van der Waals surface area contributed by atoms with Crippen LogP contribution in [0.5, 0.6) is 0 Å². The lowest BCUT2D eigenvalue weighted by Crippen LogP contribution is -2.45. The topological polar surface area (TPSA) is 42.3 Å². The van der Waals surface area contributed by atoms with E-state index in [2.05, 4.69) is 49.1 Å². The third kappa shape index (κ3) is 7.26. The zero-order valence-corrected chi connectivity index (χ0v) is 14.7. The first-order valence-corrected chi connectivity index (χ1v) is 8.40. The highest BCUT2D eigenvalue weighted by atomic mass is 15.1. The summed E-state index contributed by atoms with van der Waals surface area (Å²) in [4.78, 5) is 4.87. The number of piperidine rings is 1. The van der Waals surface area contributed by atoms with Crippen molar-refractivity contribution in [2.45, 2.75) is 58.0 Å². The molecule has 0 aliphatic carbocycles. The summed E-state index contributed by atoms with van der Waals surface area (Å²) in [5, 5.41) is 12.7. The van der Waals surface area contributed by atoms with Crippen molar-refractivity contribution in [3.8, 4) is 6.07 Å². The smallest absolute Gasteiger partial charge is 0.104 e. The van der Waals surface area contributed by atoms with Gasteiger partial charge in [0.25, 0.3) is 0 Å². The Morgan fingerprint density at radius 2 is 1.95 bits per heavy atom. The molecular formula is C17H34N4. The van der Waals surface area contributed by atoms with E-state index in [0.717, 1.165) is 25.3 Å². The highest BCUT2D eigenvalue weighted by Gasteiger charge is 2.25. The molecule has 1 fully saturated rings. The fraction of sp³-hybridized carbons (Fsp3) is 0.941. The van der Waals surface area contributed by atoms with E-state index < -0.39 is 0 Å². The van der Waals surface area contributed by atoms with Gasteiger partial charge in [-0.05, 0) is 86.1 Å². The number of hydrogen-bond donors (Lipinski definition) is 1. The Kier molecular flexibility index (Phi) is 7.65. The summed E-state index contributed by atoms with van der Waals surface area (Å²) in [7, 11) is 4.33. The highest BCUT2D eigenvalue weighted by Crippen LogP contribution is 2.19. The van der Waals surface area contributed by atoms with Crippen LogP contribution in [0.4, 0.5) is 0 Å². The average Bonchev–Trinajstić information content (AvgIpc) is 2.39.